The molecule has 1 saturated heterocycles. The van der Waals surface area contributed by atoms with Crippen LogP contribution in [-0.4, -0.2) is 54.0 Å². The molecule has 1 aromatic carbocycles. The topological polar surface area (TPSA) is 62.7 Å². The molecule has 1 fully saturated rings. The molecular weight excluding hydrogens is 330 g/mol. The highest BCUT2D eigenvalue weighted by molar-refractivity contribution is 6.07. The standard InChI is InChI=1S/C20H21N3O3/c1-14-12-15-4-2-3-5-18(15)23(14)20(25)17-13-16(6-7-21-17)19(24)22-8-10-26-11-9-22/h2-7,13-14H,8-12H2,1H3. The highest BCUT2D eigenvalue weighted by Gasteiger charge is 2.32. The SMILES string of the molecule is CC1Cc2ccccc2N1C(=O)c1cc(C(=O)N2CCOCC2)ccn1. The quantitative estimate of drug-likeness (QED) is 0.832. The van der Waals surface area contributed by atoms with Gasteiger partial charge in [0, 0.05) is 36.6 Å². The first kappa shape index (κ1) is 16.7. The van der Waals surface area contributed by atoms with Crippen LogP contribution >= 0.6 is 0 Å². The van der Waals surface area contributed by atoms with E-state index in [4.69, 9.17) is 4.74 Å². The molecule has 0 radical (unpaired) electrons. The first-order chi connectivity index (χ1) is 12.6. The number of amides is 2. The zero-order valence-electron chi connectivity index (χ0n) is 14.7. The van der Waals surface area contributed by atoms with Gasteiger partial charge in [0.2, 0.25) is 0 Å². The molecule has 134 valence electrons. The van der Waals surface area contributed by atoms with Gasteiger partial charge in [-0.1, -0.05) is 18.2 Å². The summed E-state index contributed by atoms with van der Waals surface area (Å²) in [5.41, 5.74) is 2.88. The van der Waals surface area contributed by atoms with Crippen LogP contribution in [0.3, 0.4) is 0 Å². The molecule has 3 heterocycles. The van der Waals surface area contributed by atoms with Crippen molar-refractivity contribution in [3.8, 4) is 0 Å². The van der Waals surface area contributed by atoms with E-state index in [1.165, 1.54) is 6.20 Å². The summed E-state index contributed by atoms with van der Waals surface area (Å²) in [6, 6.07) is 11.3. The Balaban J connectivity index is 1.60. The van der Waals surface area contributed by atoms with Crippen molar-refractivity contribution >= 4 is 17.5 Å². The Morgan fingerprint density at radius 1 is 1.12 bits per heavy atom. The number of para-hydroxylation sites is 1. The molecule has 1 atom stereocenters. The van der Waals surface area contributed by atoms with Crippen molar-refractivity contribution in [1.82, 2.24) is 9.88 Å². The third-order valence-corrected chi connectivity index (χ3v) is 4.95. The monoisotopic (exact) mass is 351 g/mol. The van der Waals surface area contributed by atoms with Gasteiger partial charge in [0.1, 0.15) is 5.69 Å². The first-order valence-electron chi connectivity index (χ1n) is 8.89. The smallest absolute Gasteiger partial charge is 0.277 e. The van der Waals surface area contributed by atoms with Gasteiger partial charge in [0.25, 0.3) is 11.8 Å². The van der Waals surface area contributed by atoms with Gasteiger partial charge in [-0.2, -0.15) is 0 Å². The zero-order chi connectivity index (χ0) is 18.1. The maximum atomic E-state index is 13.1. The average molecular weight is 351 g/mol. The summed E-state index contributed by atoms with van der Waals surface area (Å²) in [5.74, 6) is -0.251. The van der Waals surface area contributed by atoms with Crippen molar-refractivity contribution in [2.24, 2.45) is 0 Å². The second-order valence-electron chi connectivity index (χ2n) is 6.69. The fourth-order valence-corrected chi connectivity index (χ4v) is 3.63. The molecule has 2 amide bonds. The largest absolute Gasteiger partial charge is 0.378 e. The van der Waals surface area contributed by atoms with Crippen LogP contribution in [0.2, 0.25) is 0 Å². The van der Waals surface area contributed by atoms with Gasteiger partial charge < -0.3 is 14.5 Å². The van der Waals surface area contributed by atoms with Crippen molar-refractivity contribution in [3.63, 3.8) is 0 Å². The molecular formula is C20H21N3O3. The van der Waals surface area contributed by atoms with E-state index < -0.39 is 0 Å². The molecule has 1 unspecified atom stereocenters. The van der Waals surface area contributed by atoms with E-state index in [2.05, 4.69) is 4.98 Å². The summed E-state index contributed by atoms with van der Waals surface area (Å²) < 4.78 is 5.29. The number of hydrogen-bond donors (Lipinski definition) is 0. The minimum atomic E-state index is -0.168. The van der Waals surface area contributed by atoms with Gasteiger partial charge in [-0.15, -0.1) is 0 Å². The molecule has 26 heavy (non-hydrogen) atoms. The van der Waals surface area contributed by atoms with Gasteiger partial charge in [0.15, 0.2) is 0 Å². The van der Waals surface area contributed by atoms with E-state index >= 15 is 0 Å². The normalized spacial score (nSPS) is 19.3. The summed E-state index contributed by atoms with van der Waals surface area (Å²) in [5, 5.41) is 0. The Hall–Kier alpha value is -2.73. The summed E-state index contributed by atoms with van der Waals surface area (Å²) in [6.07, 6.45) is 2.36. The highest BCUT2D eigenvalue weighted by Crippen LogP contribution is 2.32. The van der Waals surface area contributed by atoms with Crippen molar-refractivity contribution in [2.75, 3.05) is 31.2 Å². The first-order valence-corrected chi connectivity index (χ1v) is 8.89. The van der Waals surface area contributed by atoms with Crippen LogP contribution in [0, 0.1) is 0 Å². The summed E-state index contributed by atoms with van der Waals surface area (Å²) >= 11 is 0. The third kappa shape index (κ3) is 2.97. The van der Waals surface area contributed by atoms with Gasteiger partial charge in [-0.3, -0.25) is 14.6 Å². The van der Waals surface area contributed by atoms with Gasteiger partial charge in [0.05, 0.1) is 13.2 Å². The number of fused-ring (bicyclic) bond motifs is 1. The summed E-state index contributed by atoms with van der Waals surface area (Å²) in [7, 11) is 0. The molecule has 0 bridgehead atoms. The van der Waals surface area contributed by atoms with Crippen LogP contribution in [-0.2, 0) is 11.2 Å². The predicted molar refractivity (Wildman–Crippen MR) is 97.4 cm³/mol. The number of anilines is 1. The van der Waals surface area contributed by atoms with Crippen LogP contribution in [0.4, 0.5) is 5.69 Å². The molecule has 4 rings (SSSR count). The molecule has 0 spiro atoms. The van der Waals surface area contributed by atoms with Gasteiger partial charge in [-0.25, -0.2) is 0 Å². The molecule has 2 aliphatic heterocycles. The number of aromatic nitrogens is 1. The average Bonchev–Trinajstić information content (AvgIpc) is 3.03. The lowest BCUT2D eigenvalue weighted by Crippen LogP contribution is -2.41. The Labute approximate surface area is 152 Å². The highest BCUT2D eigenvalue weighted by atomic mass is 16.5. The van der Waals surface area contributed by atoms with E-state index in [1.54, 1.807) is 21.9 Å². The lowest BCUT2D eigenvalue weighted by molar-refractivity contribution is 0.0303. The Bertz CT molecular complexity index is 846. The molecule has 0 aliphatic carbocycles. The van der Waals surface area contributed by atoms with Crippen LogP contribution in [0.5, 0.6) is 0 Å². The third-order valence-electron chi connectivity index (χ3n) is 4.95. The molecule has 2 aromatic rings. The number of hydrogen-bond acceptors (Lipinski definition) is 4. The fraction of sp³-hybridized carbons (Fsp3) is 0.350. The lowest BCUT2D eigenvalue weighted by Gasteiger charge is -2.27. The van der Waals surface area contributed by atoms with Crippen LogP contribution < -0.4 is 4.90 Å². The Kier molecular flexibility index (Phi) is 4.42. The Morgan fingerprint density at radius 2 is 1.88 bits per heavy atom. The number of pyridine rings is 1. The minimum Gasteiger partial charge on any atom is -0.378 e. The number of benzene rings is 1. The molecule has 2 aliphatic rings. The number of morpholine rings is 1. The molecule has 6 heteroatoms. The number of ether oxygens (including phenoxy) is 1. The second-order valence-corrected chi connectivity index (χ2v) is 6.69. The summed E-state index contributed by atoms with van der Waals surface area (Å²) in [6.45, 7) is 4.26. The van der Waals surface area contributed by atoms with E-state index in [0.717, 1.165) is 17.7 Å². The molecule has 0 saturated carbocycles. The summed E-state index contributed by atoms with van der Waals surface area (Å²) in [4.78, 5) is 33.5. The number of carbonyl (C=O) groups is 2. The van der Waals surface area contributed by atoms with Gasteiger partial charge >= 0.3 is 0 Å². The van der Waals surface area contributed by atoms with Crippen molar-refractivity contribution in [1.29, 1.82) is 0 Å². The van der Waals surface area contributed by atoms with Crippen molar-refractivity contribution in [2.45, 2.75) is 19.4 Å². The molecule has 6 nitrogen and oxygen atoms in total. The second kappa shape index (κ2) is 6.88. The molecule has 1 aromatic heterocycles. The number of nitrogens with zero attached hydrogens (tertiary/aromatic N) is 3. The van der Waals surface area contributed by atoms with E-state index in [-0.39, 0.29) is 17.9 Å². The van der Waals surface area contributed by atoms with Crippen LogP contribution in [0.15, 0.2) is 42.6 Å². The Morgan fingerprint density at radius 3 is 2.69 bits per heavy atom. The van der Waals surface area contributed by atoms with E-state index in [0.29, 0.717) is 37.6 Å². The number of rotatable bonds is 2. The predicted octanol–water partition coefficient (Wildman–Crippen LogP) is 2.15. The van der Waals surface area contributed by atoms with E-state index in [9.17, 15) is 9.59 Å². The van der Waals surface area contributed by atoms with Crippen molar-refractivity contribution in [3.05, 3.63) is 59.4 Å². The maximum absolute atomic E-state index is 13.1. The van der Waals surface area contributed by atoms with Gasteiger partial charge in [-0.05, 0) is 37.1 Å². The van der Waals surface area contributed by atoms with Crippen LogP contribution in [0.1, 0.15) is 33.3 Å². The maximum Gasteiger partial charge on any atom is 0.277 e. The number of carbonyl (C=O) groups excluding carboxylic acids is 2. The molecule has 0 N–H and O–H groups in total. The van der Waals surface area contributed by atoms with E-state index in [1.807, 2.05) is 31.2 Å². The minimum absolute atomic E-state index is 0.0697. The van der Waals surface area contributed by atoms with Crippen LogP contribution in [0.25, 0.3) is 0 Å². The zero-order valence-corrected chi connectivity index (χ0v) is 14.7. The fourth-order valence-electron chi connectivity index (χ4n) is 3.63. The lowest BCUT2D eigenvalue weighted by atomic mass is 10.1. The van der Waals surface area contributed by atoms with Crippen molar-refractivity contribution < 1.29 is 14.3 Å².